The fourth-order valence-electron chi connectivity index (χ4n) is 1.64. The second kappa shape index (κ2) is 5.69. The van der Waals surface area contributed by atoms with Crippen LogP contribution in [0.3, 0.4) is 0 Å². The first-order valence-electron chi connectivity index (χ1n) is 5.82. The molecule has 1 atom stereocenters. The van der Waals surface area contributed by atoms with Crippen LogP contribution in [0, 0.1) is 5.92 Å². The van der Waals surface area contributed by atoms with Gasteiger partial charge in [0.15, 0.2) is 5.78 Å². The monoisotopic (exact) mass is 204 g/mol. The average molecular weight is 204 g/mol. The van der Waals surface area contributed by atoms with Crippen LogP contribution in [0.4, 0.5) is 0 Å². The number of benzene rings is 1. The van der Waals surface area contributed by atoms with Gasteiger partial charge in [0.2, 0.25) is 0 Å². The smallest absolute Gasteiger partial charge is 0.165 e. The molecule has 0 aromatic heterocycles. The Morgan fingerprint density at radius 3 is 2.67 bits per heavy atom. The molecule has 0 aliphatic rings. The molecule has 0 amide bonds. The molecular formula is C14H20O. The van der Waals surface area contributed by atoms with Gasteiger partial charge in [0.1, 0.15) is 0 Å². The molecule has 0 fully saturated rings. The Kier molecular flexibility index (Phi) is 4.54. The Balaban J connectivity index is 2.85. The minimum absolute atomic E-state index is 0.141. The first kappa shape index (κ1) is 12.0. The zero-order valence-electron chi connectivity index (χ0n) is 9.92. The van der Waals surface area contributed by atoms with Crippen LogP contribution >= 0.6 is 0 Å². The maximum atomic E-state index is 11.9. The second-order valence-electron chi connectivity index (χ2n) is 4.12. The lowest BCUT2D eigenvalue weighted by molar-refractivity contribution is 0.0927. The molecule has 0 spiro atoms. The number of hydrogen-bond donors (Lipinski definition) is 0. The third kappa shape index (κ3) is 3.19. The van der Waals surface area contributed by atoms with Gasteiger partial charge in [0.25, 0.3) is 0 Å². The third-order valence-electron chi connectivity index (χ3n) is 2.81. The van der Waals surface area contributed by atoms with E-state index >= 15 is 0 Å². The van der Waals surface area contributed by atoms with E-state index in [9.17, 15) is 4.79 Å². The van der Waals surface area contributed by atoms with Crippen LogP contribution in [0.1, 0.15) is 49.5 Å². The number of carbonyl (C=O) groups is 1. The van der Waals surface area contributed by atoms with Gasteiger partial charge in [0, 0.05) is 11.5 Å². The van der Waals surface area contributed by atoms with E-state index in [1.807, 2.05) is 25.1 Å². The van der Waals surface area contributed by atoms with Crippen molar-refractivity contribution in [3.63, 3.8) is 0 Å². The van der Waals surface area contributed by atoms with E-state index in [-0.39, 0.29) is 11.7 Å². The Hall–Kier alpha value is -1.11. The van der Waals surface area contributed by atoms with E-state index in [4.69, 9.17) is 0 Å². The van der Waals surface area contributed by atoms with E-state index in [2.05, 4.69) is 19.9 Å². The molecule has 0 bridgehead atoms. The molecule has 0 aliphatic heterocycles. The summed E-state index contributed by atoms with van der Waals surface area (Å²) in [7, 11) is 0. The summed E-state index contributed by atoms with van der Waals surface area (Å²) in [5, 5.41) is 0. The molecule has 15 heavy (non-hydrogen) atoms. The van der Waals surface area contributed by atoms with Crippen molar-refractivity contribution in [1.29, 1.82) is 0 Å². The fourth-order valence-corrected chi connectivity index (χ4v) is 1.64. The van der Waals surface area contributed by atoms with Crippen molar-refractivity contribution in [2.75, 3.05) is 0 Å². The molecule has 0 saturated carbocycles. The van der Waals surface area contributed by atoms with Crippen molar-refractivity contribution < 1.29 is 4.79 Å². The summed E-state index contributed by atoms with van der Waals surface area (Å²) < 4.78 is 0. The summed E-state index contributed by atoms with van der Waals surface area (Å²) >= 11 is 0. The molecule has 82 valence electrons. The highest BCUT2D eigenvalue weighted by atomic mass is 16.1. The van der Waals surface area contributed by atoms with Crippen molar-refractivity contribution in [3.8, 4) is 0 Å². The number of ketones is 1. The SMILES string of the molecule is CCCc1cccc(C(=O)C(C)CC)c1. The number of rotatable bonds is 5. The molecule has 1 aromatic rings. The number of carbonyl (C=O) groups excluding carboxylic acids is 1. The maximum Gasteiger partial charge on any atom is 0.165 e. The number of Topliss-reactive ketones (excluding diaryl/α,β-unsaturated/α-hetero) is 1. The quantitative estimate of drug-likeness (QED) is 0.665. The van der Waals surface area contributed by atoms with Crippen LogP contribution in [0.2, 0.25) is 0 Å². The zero-order chi connectivity index (χ0) is 11.3. The lowest BCUT2D eigenvalue weighted by Crippen LogP contribution is -2.10. The summed E-state index contributed by atoms with van der Waals surface area (Å²) in [6, 6.07) is 8.04. The van der Waals surface area contributed by atoms with Gasteiger partial charge in [0.05, 0.1) is 0 Å². The average Bonchev–Trinajstić information content (AvgIpc) is 2.28. The van der Waals surface area contributed by atoms with Crippen molar-refractivity contribution >= 4 is 5.78 Å². The molecule has 0 N–H and O–H groups in total. The van der Waals surface area contributed by atoms with Gasteiger partial charge in [-0.3, -0.25) is 4.79 Å². The van der Waals surface area contributed by atoms with E-state index in [1.54, 1.807) is 0 Å². The van der Waals surface area contributed by atoms with Gasteiger partial charge in [-0.1, -0.05) is 45.4 Å². The van der Waals surface area contributed by atoms with Crippen LogP contribution < -0.4 is 0 Å². The van der Waals surface area contributed by atoms with Crippen molar-refractivity contribution in [2.24, 2.45) is 5.92 Å². The summed E-state index contributed by atoms with van der Waals surface area (Å²) in [5.41, 5.74) is 2.14. The Morgan fingerprint density at radius 1 is 1.33 bits per heavy atom. The largest absolute Gasteiger partial charge is 0.294 e. The van der Waals surface area contributed by atoms with Crippen LogP contribution in [-0.2, 0) is 6.42 Å². The fraction of sp³-hybridized carbons (Fsp3) is 0.500. The number of aryl methyl sites for hydroxylation is 1. The highest BCUT2D eigenvalue weighted by Crippen LogP contribution is 2.14. The van der Waals surface area contributed by atoms with Crippen LogP contribution in [0.25, 0.3) is 0 Å². The van der Waals surface area contributed by atoms with E-state index in [1.165, 1.54) is 5.56 Å². The maximum absolute atomic E-state index is 11.9. The summed E-state index contributed by atoms with van der Waals surface area (Å²) in [6.07, 6.45) is 3.10. The van der Waals surface area contributed by atoms with Crippen LogP contribution in [0.5, 0.6) is 0 Å². The molecule has 1 unspecified atom stereocenters. The van der Waals surface area contributed by atoms with Crippen LogP contribution in [-0.4, -0.2) is 5.78 Å². The van der Waals surface area contributed by atoms with E-state index < -0.39 is 0 Å². The Morgan fingerprint density at radius 2 is 2.07 bits per heavy atom. The minimum atomic E-state index is 0.141. The lowest BCUT2D eigenvalue weighted by Gasteiger charge is -2.08. The van der Waals surface area contributed by atoms with Gasteiger partial charge < -0.3 is 0 Å². The standard InChI is InChI=1S/C14H20O/c1-4-7-12-8-6-9-13(10-12)14(15)11(3)5-2/h6,8-11H,4-5,7H2,1-3H3. The van der Waals surface area contributed by atoms with Crippen molar-refractivity contribution in [3.05, 3.63) is 35.4 Å². The molecule has 1 nitrogen and oxygen atoms in total. The van der Waals surface area contributed by atoms with Gasteiger partial charge in [-0.05, 0) is 24.5 Å². The Labute approximate surface area is 92.5 Å². The van der Waals surface area contributed by atoms with Gasteiger partial charge >= 0.3 is 0 Å². The topological polar surface area (TPSA) is 17.1 Å². The highest BCUT2D eigenvalue weighted by Gasteiger charge is 2.12. The Bertz CT molecular complexity index is 328. The first-order chi connectivity index (χ1) is 7.19. The van der Waals surface area contributed by atoms with Crippen molar-refractivity contribution in [2.45, 2.75) is 40.0 Å². The van der Waals surface area contributed by atoms with E-state index in [0.29, 0.717) is 0 Å². The normalized spacial score (nSPS) is 12.5. The highest BCUT2D eigenvalue weighted by molar-refractivity contribution is 5.97. The van der Waals surface area contributed by atoms with Gasteiger partial charge in [-0.25, -0.2) is 0 Å². The summed E-state index contributed by atoms with van der Waals surface area (Å²) in [4.78, 5) is 11.9. The predicted molar refractivity (Wildman–Crippen MR) is 64.2 cm³/mol. The molecular weight excluding hydrogens is 184 g/mol. The van der Waals surface area contributed by atoms with E-state index in [0.717, 1.165) is 24.8 Å². The predicted octanol–water partition coefficient (Wildman–Crippen LogP) is 3.87. The lowest BCUT2D eigenvalue weighted by atomic mass is 9.95. The molecule has 0 saturated heterocycles. The third-order valence-corrected chi connectivity index (χ3v) is 2.81. The minimum Gasteiger partial charge on any atom is -0.294 e. The van der Waals surface area contributed by atoms with Gasteiger partial charge in [-0.2, -0.15) is 0 Å². The molecule has 1 rings (SSSR count). The molecule has 1 heteroatoms. The first-order valence-corrected chi connectivity index (χ1v) is 5.82. The summed E-state index contributed by atoms with van der Waals surface area (Å²) in [6.45, 7) is 6.20. The van der Waals surface area contributed by atoms with Crippen LogP contribution in [0.15, 0.2) is 24.3 Å². The summed E-state index contributed by atoms with van der Waals surface area (Å²) in [5.74, 6) is 0.414. The molecule has 1 aromatic carbocycles. The van der Waals surface area contributed by atoms with Crippen molar-refractivity contribution in [1.82, 2.24) is 0 Å². The zero-order valence-corrected chi connectivity index (χ0v) is 9.92. The second-order valence-corrected chi connectivity index (χ2v) is 4.12. The molecule has 0 aliphatic carbocycles. The van der Waals surface area contributed by atoms with Gasteiger partial charge in [-0.15, -0.1) is 0 Å². The molecule has 0 heterocycles. The number of hydrogen-bond acceptors (Lipinski definition) is 1. The molecule has 0 radical (unpaired) electrons.